The maximum absolute atomic E-state index is 12.4. The molecule has 3 rings (SSSR count). The van der Waals surface area contributed by atoms with Gasteiger partial charge in [0, 0.05) is 24.2 Å². The molecular weight excluding hydrogens is 311 g/mol. The fraction of sp³-hybridized carbons (Fsp3) is 0.0667. The van der Waals surface area contributed by atoms with Gasteiger partial charge in [-0.15, -0.1) is 0 Å². The molecule has 0 fully saturated rings. The van der Waals surface area contributed by atoms with Crippen molar-refractivity contribution in [1.82, 2.24) is 8.97 Å². The number of carbonyl (C=O) groups is 1. The number of nitrogens with zero attached hydrogens (tertiary/aromatic N) is 2. The number of benzene rings is 1. The second kappa shape index (κ2) is 5.39. The summed E-state index contributed by atoms with van der Waals surface area (Å²) in [7, 11) is 0. The van der Waals surface area contributed by atoms with Gasteiger partial charge >= 0.3 is 0 Å². The average molecular weight is 321 g/mol. The van der Waals surface area contributed by atoms with Crippen LogP contribution < -0.4 is 5.56 Å². The van der Waals surface area contributed by atoms with Crippen molar-refractivity contribution in [3.05, 3.63) is 63.3 Å². The number of hydrogen-bond donors (Lipinski definition) is 0. The van der Waals surface area contributed by atoms with E-state index in [1.54, 1.807) is 41.2 Å². The molecule has 0 radical (unpaired) electrons. The molecular formula is C15H10Cl2N2O2. The molecule has 2 heterocycles. The van der Waals surface area contributed by atoms with Gasteiger partial charge in [-0.3, -0.25) is 4.79 Å². The van der Waals surface area contributed by atoms with Crippen molar-refractivity contribution in [2.24, 2.45) is 0 Å². The third-order valence-corrected chi connectivity index (χ3v) is 4.03. The molecule has 0 aliphatic heterocycles. The van der Waals surface area contributed by atoms with Gasteiger partial charge in [-0.2, -0.15) is 0 Å². The van der Waals surface area contributed by atoms with Crippen molar-refractivity contribution >= 4 is 35.0 Å². The summed E-state index contributed by atoms with van der Waals surface area (Å²) in [4.78, 5) is 23.1. The molecule has 4 nitrogen and oxygen atoms in total. The van der Waals surface area contributed by atoms with Crippen LogP contribution in [0.5, 0.6) is 0 Å². The zero-order valence-electron chi connectivity index (χ0n) is 10.8. The van der Waals surface area contributed by atoms with Crippen LogP contribution >= 0.6 is 23.2 Å². The minimum absolute atomic E-state index is 0.0291. The van der Waals surface area contributed by atoms with Crippen molar-refractivity contribution in [3.63, 3.8) is 0 Å². The lowest BCUT2D eigenvalue weighted by Crippen LogP contribution is -2.21. The molecule has 0 saturated heterocycles. The molecule has 0 amide bonds. The normalized spacial score (nSPS) is 11.0. The summed E-state index contributed by atoms with van der Waals surface area (Å²) in [5, 5.41) is 0.889. The van der Waals surface area contributed by atoms with Crippen molar-refractivity contribution in [1.29, 1.82) is 0 Å². The smallest absolute Gasteiger partial charge is 0.275 e. The molecule has 0 N–H and O–H groups in total. The summed E-state index contributed by atoms with van der Waals surface area (Å²) in [5.74, 6) is 0. The van der Waals surface area contributed by atoms with Crippen LogP contribution in [-0.2, 0) is 11.3 Å². The Balaban J connectivity index is 2.27. The third kappa shape index (κ3) is 2.37. The SMILES string of the molecule is O=CCn1ccn2ccc(-c3ccc(Cl)c(Cl)c3)c2c1=O. The van der Waals surface area contributed by atoms with Crippen LogP contribution in [0, 0.1) is 0 Å². The van der Waals surface area contributed by atoms with Crippen molar-refractivity contribution in [3.8, 4) is 11.1 Å². The molecule has 6 heteroatoms. The maximum atomic E-state index is 12.4. The van der Waals surface area contributed by atoms with Gasteiger partial charge in [0.1, 0.15) is 11.8 Å². The molecule has 0 bridgehead atoms. The Labute approximate surface area is 130 Å². The van der Waals surface area contributed by atoms with Gasteiger partial charge in [-0.25, -0.2) is 0 Å². The van der Waals surface area contributed by atoms with E-state index in [1.807, 2.05) is 6.07 Å². The molecule has 0 saturated carbocycles. The number of halogens is 2. The summed E-state index contributed by atoms with van der Waals surface area (Å²) in [6.45, 7) is 0.0291. The van der Waals surface area contributed by atoms with E-state index in [4.69, 9.17) is 23.2 Å². The molecule has 106 valence electrons. The summed E-state index contributed by atoms with van der Waals surface area (Å²) in [6.07, 6.45) is 5.81. The second-order valence-electron chi connectivity index (χ2n) is 4.54. The Kier molecular flexibility index (Phi) is 3.57. The first-order valence-electron chi connectivity index (χ1n) is 6.21. The summed E-state index contributed by atoms with van der Waals surface area (Å²) in [6, 6.07) is 7.05. The van der Waals surface area contributed by atoms with Crippen LogP contribution in [0.2, 0.25) is 10.0 Å². The zero-order valence-corrected chi connectivity index (χ0v) is 12.3. The van der Waals surface area contributed by atoms with Gasteiger partial charge in [-0.1, -0.05) is 29.3 Å². The molecule has 1 aromatic carbocycles. The Morgan fingerprint density at radius 1 is 1.05 bits per heavy atom. The highest BCUT2D eigenvalue weighted by Gasteiger charge is 2.11. The molecule has 0 spiro atoms. The van der Waals surface area contributed by atoms with Gasteiger partial charge in [-0.05, 0) is 23.8 Å². The van der Waals surface area contributed by atoms with Crippen LogP contribution in [0.15, 0.2) is 47.7 Å². The lowest BCUT2D eigenvalue weighted by atomic mass is 10.1. The molecule has 21 heavy (non-hydrogen) atoms. The molecule has 0 aliphatic carbocycles. The number of fused-ring (bicyclic) bond motifs is 1. The predicted molar refractivity (Wildman–Crippen MR) is 83.2 cm³/mol. The van der Waals surface area contributed by atoms with Gasteiger partial charge < -0.3 is 13.8 Å². The number of carbonyl (C=O) groups excluding carboxylic acids is 1. The van der Waals surface area contributed by atoms with E-state index in [2.05, 4.69) is 0 Å². The van der Waals surface area contributed by atoms with Crippen LogP contribution in [0.3, 0.4) is 0 Å². The minimum atomic E-state index is -0.226. The van der Waals surface area contributed by atoms with E-state index in [9.17, 15) is 9.59 Å². The molecule has 0 unspecified atom stereocenters. The Morgan fingerprint density at radius 3 is 2.57 bits per heavy atom. The first-order chi connectivity index (χ1) is 10.1. The van der Waals surface area contributed by atoms with Crippen LogP contribution in [0.1, 0.15) is 0 Å². The number of aromatic nitrogens is 2. The van der Waals surface area contributed by atoms with Crippen LogP contribution in [0.25, 0.3) is 16.6 Å². The van der Waals surface area contributed by atoms with E-state index in [-0.39, 0.29) is 12.1 Å². The van der Waals surface area contributed by atoms with E-state index >= 15 is 0 Å². The fourth-order valence-corrected chi connectivity index (χ4v) is 2.57. The van der Waals surface area contributed by atoms with Crippen molar-refractivity contribution in [2.75, 3.05) is 0 Å². The minimum Gasteiger partial charge on any atom is -0.317 e. The standard InChI is InChI=1S/C15H10Cl2N2O2/c16-12-2-1-10(9-13(12)17)11-3-4-18-5-6-19(7-8-20)15(21)14(11)18/h1-6,8-9H,7H2. The number of aldehydes is 1. The van der Waals surface area contributed by atoms with Crippen LogP contribution in [-0.4, -0.2) is 15.3 Å². The largest absolute Gasteiger partial charge is 0.317 e. The van der Waals surface area contributed by atoms with Crippen molar-refractivity contribution < 1.29 is 4.79 Å². The lowest BCUT2D eigenvalue weighted by Gasteiger charge is -2.05. The predicted octanol–water partition coefficient (Wildman–Crippen LogP) is 3.27. The van der Waals surface area contributed by atoms with Gasteiger partial charge in [0.15, 0.2) is 0 Å². The van der Waals surface area contributed by atoms with E-state index < -0.39 is 0 Å². The van der Waals surface area contributed by atoms with Crippen LogP contribution in [0.4, 0.5) is 0 Å². The Morgan fingerprint density at radius 2 is 1.86 bits per heavy atom. The van der Waals surface area contributed by atoms with E-state index in [1.165, 1.54) is 4.57 Å². The highest BCUT2D eigenvalue weighted by Crippen LogP contribution is 2.30. The third-order valence-electron chi connectivity index (χ3n) is 3.29. The fourth-order valence-electron chi connectivity index (χ4n) is 2.27. The summed E-state index contributed by atoms with van der Waals surface area (Å²) >= 11 is 12.0. The summed E-state index contributed by atoms with van der Waals surface area (Å²) < 4.78 is 3.09. The second-order valence-corrected chi connectivity index (χ2v) is 5.35. The molecule has 0 atom stereocenters. The highest BCUT2D eigenvalue weighted by atomic mass is 35.5. The molecule has 2 aromatic heterocycles. The topological polar surface area (TPSA) is 43.5 Å². The Hall–Kier alpha value is -2.04. The molecule has 3 aromatic rings. The first kappa shape index (κ1) is 13.9. The number of rotatable bonds is 3. The summed E-state index contributed by atoms with van der Waals surface area (Å²) in [5.41, 5.74) is 1.82. The van der Waals surface area contributed by atoms with E-state index in [0.717, 1.165) is 11.1 Å². The van der Waals surface area contributed by atoms with E-state index in [0.29, 0.717) is 21.8 Å². The average Bonchev–Trinajstić information content (AvgIpc) is 2.90. The monoisotopic (exact) mass is 320 g/mol. The number of hydrogen-bond acceptors (Lipinski definition) is 2. The van der Waals surface area contributed by atoms with Gasteiger partial charge in [0.05, 0.1) is 16.6 Å². The highest BCUT2D eigenvalue weighted by molar-refractivity contribution is 6.42. The first-order valence-corrected chi connectivity index (χ1v) is 6.96. The quantitative estimate of drug-likeness (QED) is 0.695. The lowest BCUT2D eigenvalue weighted by molar-refractivity contribution is -0.108. The zero-order chi connectivity index (χ0) is 15.0. The Bertz CT molecular complexity index is 896. The maximum Gasteiger partial charge on any atom is 0.275 e. The van der Waals surface area contributed by atoms with Gasteiger partial charge in [0.25, 0.3) is 5.56 Å². The van der Waals surface area contributed by atoms with Gasteiger partial charge in [0.2, 0.25) is 0 Å². The molecule has 0 aliphatic rings. The van der Waals surface area contributed by atoms with Crippen molar-refractivity contribution in [2.45, 2.75) is 6.54 Å².